The van der Waals surface area contributed by atoms with E-state index in [0.29, 0.717) is 0 Å². The number of hydrogen-bond acceptors (Lipinski definition) is 1. The summed E-state index contributed by atoms with van der Waals surface area (Å²) in [6, 6.07) is 51.5. The topological polar surface area (TPSA) is 17.8 Å². The number of aromatic nitrogens is 2. The van der Waals surface area contributed by atoms with Crippen molar-refractivity contribution in [2.45, 2.75) is 37.8 Å². The Bertz CT molecular complexity index is 1640. The van der Waals surface area contributed by atoms with Crippen LogP contribution in [0.1, 0.15) is 54.0 Å². The molecule has 0 saturated heterocycles. The van der Waals surface area contributed by atoms with Crippen LogP contribution in [0.2, 0.25) is 0 Å². The molecule has 0 bridgehead atoms. The Labute approximate surface area is 272 Å². The first kappa shape index (κ1) is 31.7. The molecule has 0 amide bonds. The van der Waals surface area contributed by atoms with E-state index < -0.39 is 9.52 Å². The lowest BCUT2D eigenvalue weighted by atomic mass is 9.92. The predicted molar refractivity (Wildman–Crippen MR) is 195 cm³/mol. The fourth-order valence-corrected chi connectivity index (χ4v) is 8.50. The van der Waals surface area contributed by atoms with Crippen LogP contribution in [0.25, 0.3) is 5.57 Å². The number of rotatable bonds is 11. The fourth-order valence-electron chi connectivity index (χ4n) is 6.04. The highest BCUT2D eigenvalue weighted by Crippen LogP contribution is 2.33. The molecule has 0 atom stereocenters. The third-order valence-corrected chi connectivity index (χ3v) is 10.8. The molecule has 0 aliphatic heterocycles. The van der Waals surface area contributed by atoms with Crippen molar-refractivity contribution in [1.82, 2.24) is 9.55 Å². The van der Waals surface area contributed by atoms with Crippen LogP contribution in [-0.4, -0.2) is 26.9 Å². The largest absolute Gasteiger partial charge is 0.326 e. The lowest BCUT2D eigenvalue weighted by molar-refractivity contribution is 0.596. The highest BCUT2D eigenvalue weighted by atomic mass is 28.2. The Morgan fingerprint density at radius 1 is 0.711 bits per heavy atom. The monoisotopic (exact) mass is 600 g/mol. The summed E-state index contributed by atoms with van der Waals surface area (Å²) in [5.74, 6) is 1.66. The molecule has 2 radical (unpaired) electrons. The zero-order valence-corrected chi connectivity index (χ0v) is 27.6. The number of nitrogens with zero attached hydrogens (tertiary/aromatic N) is 2. The second-order valence-corrected chi connectivity index (χ2v) is 13.5. The van der Waals surface area contributed by atoms with E-state index in [1.807, 2.05) is 48.9 Å². The Kier molecular flexibility index (Phi) is 11.6. The summed E-state index contributed by atoms with van der Waals surface area (Å²) in [5.41, 5.74) is 7.48. The van der Waals surface area contributed by atoms with E-state index in [4.69, 9.17) is 7.85 Å². The van der Waals surface area contributed by atoms with Gasteiger partial charge in [-0.3, -0.25) is 0 Å². The van der Waals surface area contributed by atoms with Crippen LogP contribution in [0.3, 0.4) is 0 Å². The van der Waals surface area contributed by atoms with E-state index in [-0.39, 0.29) is 5.16 Å². The van der Waals surface area contributed by atoms with Gasteiger partial charge in [0.1, 0.15) is 7.85 Å². The molecular weight excluding hydrogens is 559 g/mol. The summed E-state index contributed by atoms with van der Waals surface area (Å²) in [7, 11) is 4.88. The van der Waals surface area contributed by atoms with E-state index in [1.54, 1.807) is 5.98 Å². The molecule has 6 aromatic rings. The quantitative estimate of drug-likeness (QED) is 0.109. The summed E-state index contributed by atoms with van der Waals surface area (Å²) < 4.78 is 2.33. The van der Waals surface area contributed by atoms with Gasteiger partial charge in [-0.15, -0.1) is 5.98 Å². The molecule has 5 aromatic carbocycles. The maximum Gasteiger partial charge on any atom is 0.103 e. The van der Waals surface area contributed by atoms with Crippen molar-refractivity contribution in [3.63, 3.8) is 0 Å². The molecule has 1 heterocycles. The highest BCUT2D eigenvalue weighted by Gasteiger charge is 2.36. The molecule has 4 heteroatoms. The lowest BCUT2D eigenvalue weighted by Gasteiger charge is -2.37. The lowest BCUT2D eigenvalue weighted by Crippen LogP contribution is -2.46. The zero-order valence-electron chi connectivity index (χ0n) is 26.2. The van der Waals surface area contributed by atoms with E-state index in [0.717, 1.165) is 16.7 Å². The Morgan fingerprint density at radius 3 is 1.76 bits per heavy atom. The van der Waals surface area contributed by atoms with Gasteiger partial charge in [-0.1, -0.05) is 171 Å². The Morgan fingerprint density at radius 2 is 1.27 bits per heavy atom. The van der Waals surface area contributed by atoms with Crippen LogP contribution >= 0.6 is 0 Å². The molecule has 2 nitrogen and oxygen atoms in total. The molecule has 6 rings (SSSR count). The summed E-state index contributed by atoms with van der Waals surface area (Å²) in [6.45, 7) is 2.27. The molecule has 0 aliphatic rings. The van der Waals surface area contributed by atoms with Gasteiger partial charge in [0.05, 0.1) is 21.0 Å². The molecule has 0 saturated carbocycles. The SMILES string of the molecule is CCCCCc1cccc([SiH2]C(c2ccccc2)(c2ccccc2)n2ccnc2)c1.[B]C=C(c1ccccc1)c1ccccc1. The number of hydrogen-bond donors (Lipinski definition) is 0. The minimum absolute atomic E-state index is 0.207. The van der Waals surface area contributed by atoms with Gasteiger partial charge in [-0.05, 0) is 46.2 Å². The average molecular weight is 601 g/mol. The van der Waals surface area contributed by atoms with Gasteiger partial charge < -0.3 is 4.57 Å². The molecule has 45 heavy (non-hydrogen) atoms. The predicted octanol–water partition coefficient (Wildman–Crippen LogP) is 8.10. The first-order chi connectivity index (χ1) is 22.2. The maximum absolute atomic E-state index is 5.67. The highest BCUT2D eigenvalue weighted by molar-refractivity contribution is 6.57. The van der Waals surface area contributed by atoms with Crippen molar-refractivity contribution in [3.8, 4) is 0 Å². The molecule has 0 unspecified atom stereocenters. The second kappa shape index (κ2) is 16.4. The number of unbranched alkanes of at least 4 members (excludes halogenated alkanes) is 2. The van der Waals surface area contributed by atoms with Crippen molar-refractivity contribution in [1.29, 1.82) is 0 Å². The van der Waals surface area contributed by atoms with Crippen LogP contribution in [0, 0.1) is 0 Å². The van der Waals surface area contributed by atoms with Crippen LogP contribution in [0.4, 0.5) is 0 Å². The molecule has 0 fully saturated rings. The van der Waals surface area contributed by atoms with Gasteiger partial charge in [-0.2, -0.15) is 0 Å². The molecule has 0 spiro atoms. The maximum atomic E-state index is 5.67. The molecular formula is C41H41BN2Si. The third-order valence-electron chi connectivity index (χ3n) is 8.30. The van der Waals surface area contributed by atoms with Gasteiger partial charge >= 0.3 is 0 Å². The average Bonchev–Trinajstić information content (AvgIpc) is 3.66. The number of imidazole rings is 1. The van der Waals surface area contributed by atoms with Crippen molar-refractivity contribution < 1.29 is 0 Å². The van der Waals surface area contributed by atoms with Crippen molar-refractivity contribution in [2.75, 3.05) is 0 Å². The number of aryl methyl sites for hydroxylation is 1. The van der Waals surface area contributed by atoms with Gasteiger partial charge in [0.2, 0.25) is 0 Å². The summed E-state index contributed by atoms with van der Waals surface area (Å²) in [5, 5.41) is 1.28. The normalized spacial score (nSPS) is 11.1. The summed E-state index contributed by atoms with van der Waals surface area (Å²) >= 11 is 0. The summed E-state index contributed by atoms with van der Waals surface area (Å²) in [6.07, 6.45) is 11.0. The van der Waals surface area contributed by atoms with Gasteiger partial charge in [0.15, 0.2) is 0 Å². The first-order valence-electron chi connectivity index (χ1n) is 15.9. The standard InChI is InChI=1S/C27H30N2Si.C14H11B/c1-2-3-6-12-23-13-11-18-26(21-23)30-27(29-20-19-28-22-29,24-14-7-4-8-15-24)25-16-9-5-10-17-25;15-11-14(12-7-3-1-4-8-12)13-9-5-2-6-10-13/h4-5,7-11,13-22H,2-3,6,12,30H2,1H3;1-11H. The van der Waals surface area contributed by atoms with Crippen LogP contribution < -0.4 is 5.19 Å². The van der Waals surface area contributed by atoms with Crippen molar-refractivity contribution in [3.05, 3.63) is 198 Å². The minimum Gasteiger partial charge on any atom is -0.326 e. The number of benzene rings is 5. The van der Waals surface area contributed by atoms with E-state index in [9.17, 15) is 0 Å². The van der Waals surface area contributed by atoms with Crippen LogP contribution in [-0.2, 0) is 11.6 Å². The van der Waals surface area contributed by atoms with Crippen molar-refractivity contribution in [2.24, 2.45) is 0 Å². The van der Waals surface area contributed by atoms with Gasteiger partial charge in [0, 0.05) is 12.4 Å². The van der Waals surface area contributed by atoms with Crippen LogP contribution in [0.15, 0.2) is 170 Å². The smallest absolute Gasteiger partial charge is 0.103 e. The molecule has 0 aliphatic carbocycles. The summed E-state index contributed by atoms with van der Waals surface area (Å²) in [4.78, 5) is 4.43. The second-order valence-electron chi connectivity index (χ2n) is 11.3. The third kappa shape index (κ3) is 8.09. The van der Waals surface area contributed by atoms with E-state index >= 15 is 0 Å². The van der Waals surface area contributed by atoms with Gasteiger partial charge in [-0.25, -0.2) is 4.98 Å². The Balaban J connectivity index is 0.000000223. The zero-order chi connectivity index (χ0) is 31.2. The first-order valence-corrected chi connectivity index (χ1v) is 17.4. The fraction of sp³-hybridized carbons (Fsp3) is 0.146. The molecule has 1 aromatic heterocycles. The Hall–Kier alpha value is -4.67. The van der Waals surface area contributed by atoms with E-state index in [2.05, 4.69) is 132 Å². The molecule has 0 N–H and O–H groups in total. The molecule has 222 valence electrons. The van der Waals surface area contributed by atoms with Gasteiger partial charge in [0.25, 0.3) is 0 Å². The minimum atomic E-state index is -0.797. The van der Waals surface area contributed by atoms with Crippen molar-refractivity contribution >= 4 is 28.1 Å². The van der Waals surface area contributed by atoms with Crippen LogP contribution in [0.5, 0.6) is 0 Å². The van der Waals surface area contributed by atoms with E-state index in [1.165, 1.54) is 47.6 Å².